The fourth-order valence-electron chi connectivity index (χ4n) is 3.42. The predicted molar refractivity (Wildman–Crippen MR) is 85.5 cm³/mol. The van der Waals surface area contributed by atoms with E-state index in [1.54, 1.807) is 11.3 Å². The first-order valence-corrected chi connectivity index (χ1v) is 8.77. The lowest BCUT2D eigenvalue weighted by molar-refractivity contribution is -0.0524. The Morgan fingerprint density at radius 2 is 2.05 bits per heavy atom. The summed E-state index contributed by atoms with van der Waals surface area (Å²) in [5.74, 6) is 0. The van der Waals surface area contributed by atoms with E-state index < -0.39 is 0 Å². The van der Waals surface area contributed by atoms with Gasteiger partial charge in [-0.1, -0.05) is 32.6 Å². The molecule has 1 aromatic rings. The number of hydrogen-bond donors (Lipinski definition) is 1. The van der Waals surface area contributed by atoms with Crippen LogP contribution in [0.2, 0.25) is 0 Å². The number of hydrogen-bond acceptors (Lipinski definition) is 4. The van der Waals surface area contributed by atoms with Crippen LogP contribution in [-0.4, -0.2) is 30.3 Å². The van der Waals surface area contributed by atoms with Crippen LogP contribution in [0.5, 0.6) is 0 Å². The molecule has 1 aliphatic rings. The molecule has 0 spiro atoms. The average molecular weight is 296 g/mol. The zero-order valence-electron chi connectivity index (χ0n) is 13.1. The number of methoxy groups -OCH3 is 1. The van der Waals surface area contributed by atoms with Gasteiger partial charge in [-0.15, -0.1) is 11.3 Å². The second kappa shape index (κ2) is 7.53. The third-order valence-electron chi connectivity index (χ3n) is 4.52. The minimum Gasteiger partial charge on any atom is -0.377 e. The molecular formula is C16H28N2OS. The fraction of sp³-hybridized carbons (Fsp3) is 0.812. The van der Waals surface area contributed by atoms with E-state index in [4.69, 9.17) is 4.74 Å². The van der Waals surface area contributed by atoms with Crippen molar-refractivity contribution in [2.24, 2.45) is 0 Å². The first-order valence-electron chi connectivity index (χ1n) is 7.90. The molecule has 1 aromatic heterocycles. The van der Waals surface area contributed by atoms with Crippen molar-refractivity contribution < 1.29 is 4.74 Å². The van der Waals surface area contributed by atoms with Crippen molar-refractivity contribution in [1.29, 1.82) is 0 Å². The van der Waals surface area contributed by atoms with Gasteiger partial charge in [0.05, 0.1) is 16.3 Å². The molecule has 0 bridgehead atoms. The van der Waals surface area contributed by atoms with Crippen LogP contribution >= 0.6 is 11.3 Å². The summed E-state index contributed by atoms with van der Waals surface area (Å²) in [6.07, 6.45) is 8.58. The highest BCUT2D eigenvalue weighted by atomic mass is 32.1. The van der Waals surface area contributed by atoms with Crippen LogP contribution in [0.4, 0.5) is 0 Å². The molecule has 1 unspecified atom stereocenters. The molecule has 1 N–H and O–H groups in total. The topological polar surface area (TPSA) is 34.2 Å². The summed E-state index contributed by atoms with van der Waals surface area (Å²) >= 11 is 1.74. The third-order valence-corrected chi connectivity index (χ3v) is 5.34. The molecule has 1 heterocycles. The first kappa shape index (κ1) is 15.9. The summed E-state index contributed by atoms with van der Waals surface area (Å²) < 4.78 is 6.07. The first-order chi connectivity index (χ1) is 9.70. The third kappa shape index (κ3) is 3.80. The Morgan fingerprint density at radius 3 is 2.55 bits per heavy atom. The molecule has 0 amide bonds. The molecule has 20 heavy (non-hydrogen) atoms. The molecule has 0 saturated heterocycles. The van der Waals surface area contributed by atoms with Crippen LogP contribution in [0.15, 0.2) is 5.38 Å². The maximum Gasteiger partial charge on any atom is 0.0897 e. The number of rotatable bonds is 6. The van der Waals surface area contributed by atoms with Gasteiger partial charge in [0.1, 0.15) is 0 Å². The van der Waals surface area contributed by atoms with E-state index in [2.05, 4.69) is 29.5 Å². The van der Waals surface area contributed by atoms with Gasteiger partial charge in [-0.2, -0.15) is 0 Å². The standard InChI is InChI=1S/C16H28N2OS/c1-4-17-15(11-14-12-20-13(2)18-14)16(19-3)9-7-5-6-8-10-16/h12,15,17H,4-11H2,1-3H3. The summed E-state index contributed by atoms with van der Waals surface area (Å²) in [6.45, 7) is 5.24. The molecule has 2 rings (SSSR count). The molecule has 114 valence electrons. The van der Waals surface area contributed by atoms with Crippen molar-refractivity contribution in [3.63, 3.8) is 0 Å². The smallest absolute Gasteiger partial charge is 0.0897 e. The van der Waals surface area contributed by atoms with Crippen molar-refractivity contribution in [2.75, 3.05) is 13.7 Å². The van der Waals surface area contributed by atoms with E-state index in [1.165, 1.54) is 44.2 Å². The monoisotopic (exact) mass is 296 g/mol. The minimum absolute atomic E-state index is 0.00989. The number of ether oxygens (including phenoxy) is 1. The number of nitrogens with one attached hydrogen (secondary N) is 1. The zero-order chi connectivity index (χ0) is 14.4. The van der Waals surface area contributed by atoms with Crippen LogP contribution in [0.25, 0.3) is 0 Å². The normalized spacial score (nSPS) is 20.6. The Kier molecular flexibility index (Phi) is 6.00. The van der Waals surface area contributed by atoms with Crippen LogP contribution in [0, 0.1) is 6.92 Å². The van der Waals surface area contributed by atoms with Crippen molar-refractivity contribution in [1.82, 2.24) is 10.3 Å². The van der Waals surface area contributed by atoms with Crippen LogP contribution in [0.1, 0.15) is 56.2 Å². The highest BCUT2D eigenvalue weighted by Crippen LogP contribution is 2.34. The molecule has 0 aliphatic heterocycles. The van der Waals surface area contributed by atoms with Gasteiger partial charge in [0, 0.05) is 25.0 Å². The minimum atomic E-state index is -0.00989. The predicted octanol–water partition coefficient (Wildman–Crippen LogP) is 3.71. The molecular weight excluding hydrogens is 268 g/mol. The van der Waals surface area contributed by atoms with Gasteiger partial charge >= 0.3 is 0 Å². The van der Waals surface area contributed by atoms with Crippen LogP contribution < -0.4 is 5.32 Å². The fourth-order valence-corrected chi connectivity index (χ4v) is 4.05. The molecule has 3 nitrogen and oxygen atoms in total. The van der Waals surface area contributed by atoms with Crippen molar-refractivity contribution in [3.8, 4) is 0 Å². The highest BCUT2D eigenvalue weighted by molar-refractivity contribution is 7.09. The SMILES string of the molecule is CCNC(Cc1csc(C)n1)C1(OC)CCCCCC1. The number of nitrogens with zero attached hydrogens (tertiary/aromatic N) is 1. The van der Waals surface area contributed by atoms with E-state index in [0.717, 1.165) is 18.0 Å². The Labute approximate surface area is 127 Å². The van der Waals surface area contributed by atoms with Crippen LogP contribution in [-0.2, 0) is 11.2 Å². The number of thiazole rings is 1. The Morgan fingerprint density at radius 1 is 1.35 bits per heavy atom. The average Bonchev–Trinajstić information content (AvgIpc) is 2.72. The van der Waals surface area contributed by atoms with E-state index in [-0.39, 0.29) is 5.60 Å². The van der Waals surface area contributed by atoms with Gasteiger partial charge in [-0.3, -0.25) is 0 Å². The van der Waals surface area contributed by atoms with Gasteiger partial charge in [0.25, 0.3) is 0 Å². The molecule has 1 saturated carbocycles. The molecule has 0 aromatic carbocycles. The summed E-state index contributed by atoms with van der Waals surface area (Å²) in [6, 6.07) is 0.372. The Hall–Kier alpha value is -0.450. The van der Waals surface area contributed by atoms with Crippen molar-refractivity contribution >= 4 is 11.3 Å². The lowest BCUT2D eigenvalue weighted by atomic mass is 9.83. The Bertz CT molecular complexity index is 397. The molecule has 4 heteroatoms. The molecule has 1 fully saturated rings. The second-order valence-corrected chi connectivity index (χ2v) is 6.92. The van der Waals surface area contributed by atoms with Gasteiger partial charge in [-0.05, 0) is 26.3 Å². The maximum absolute atomic E-state index is 6.07. The summed E-state index contributed by atoms with van der Waals surface area (Å²) in [5.41, 5.74) is 1.20. The van der Waals surface area contributed by atoms with Crippen LogP contribution in [0.3, 0.4) is 0 Å². The van der Waals surface area contributed by atoms with Gasteiger partial charge in [-0.25, -0.2) is 4.98 Å². The van der Waals surface area contributed by atoms with Gasteiger partial charge in [0.2, 0.25) is 0 Å². The van der Waals surface area contributed by atoms with Gasteiger partial charge < -0.3 is 10.1 Å². The summed E-state index contributed by atoms with van der Waals surface area (Å²) in [7, 11) is 1.89. The Balaban J connectivity index is 2.15. The quantitative estimate of drug-likeness (QED) is 0.813. The second-order valence-electron chi connectivity index (χ2n) is 5.86. The lowest BCUT2D eigenvalue weighted by Gasteiger charge is -2.39. The lowest BCUT2D eigenvalue weighted by Crippen LogP contribution is -2.53. The van der Waals surface area contributed by atoms with E-state index in [0.29, 0.717) is 6.04 Å². The number of aromatic nitrogens is 1. The van der Waals surface area contributed by atoms with E-state index in [1.807, 2.05) is 7.11 Å². The van der Waals surface area contributed by atoms with Gasteiger partial charge in [0.15, 0.2) is 0 Å². The summed E-state index contributed by atoms with van der Waals surface area (Å²) in [4.78, 5) is 4.64. The van der Waals surface area contributed by atoms with Crippen molar-refractivity contribution in [3.05, 3.63) is 16.1 Å². The zero-order valence-corrected chi connectivity index (χ0v) is 13.9. The maximum atomic E-state index is 6.07. The molecule has 0 radical (unpaired) electrons. The van der Waals surface area contributed by atoms with E-state index in [9.17, 15) is 0 Å². The molecule has 1 atom stereocenters. The largest absolute Gasteiger partial charge is 0.377 e. The van der Waals surface area contributed by atoms with Crippen molar-refractivity contribution in [2.45, 2.75) is 70.4 Å². The molecule has 1 aliphatic carbocycles. The highest BCUT2D eigenvalue weighted by Gasteiger charge is 2.39. The number of likely N-dealkylation sites (N-methyl/N-ethyl adjacent to an activating group) is 1. The number of aryl methyl sites for hydroxylation is 1. The van der Waals surface area contributed by atoms with E-state index >= 15 is 0 Å². The summed E-state index contributed by atoms with van der Waals surface area (Å²) in [5, 5.41) is 7.02.